The number of fused-ring (bicyclic) bond motifs is 1. The molecule has 0 fully saturated rings. The van der Waals surface area contributed by atoms with Crippen molar-refractivity contribution in [3.63, 3.8) is 0 Å². The second-order valence-electron chi connectivity index (χ2n) is 8.73. The van der Waals surface area contributed by atoms with Gasteiger partial charge < -0.3 is 15.0 Å². The summed E-state index contributed by atoms with van der Waals surface area (Å²) < 4.78 is 6.81. The van der Waals surface area contributed by atoms with Crippen molar-refractivity contribution < 1.29 is 14.3 Å². The molecule has 3 atom stereocenters. The van der Waals surface area contributed by atoms with Crippen molar-refractivity contribution in [2.24, 2.45) is 4.99 Å². The third-order valence-electron chi connectivity index (χ3n) is 6.71. The van der Waals surface area contributed by atoms with Gasteiger partial charge in [-0.25, -0.2) is 0 Å². The first-order valence-corrected chi connectivity index (χ1v) is 12.1. The van der Waals surface area contributed by atoms with E-state index >= 15 is 0 Å². The molecule has 0 saturated heterocycles. The third kappa shape index (κ3) is 4.80. The summed E-state index contributed by atoms with van der Waals surface area (Å²) in [5.74, 6) is 0.455. The van der Waals surface area contributed by atoms with Crippen LogP contribution in [0.1, 0.15) is 54.4 Å². The van der Waals surface area contributed by atoms with Gasteiger partial charge in [-0.3, -0.25) is 24.5 Å². The van der Waals surface area contributed by atoms with Crippen molar-refractivity contribution in [2.45, 2.75) is 71.6 Å². The number of halogens is 1. The summed E-state index contributed by atoms with van der Waals surface area (Å²) in [5, 5.41) is 3.38. The molecule has 178 valence electrons. The van der Waals surface area contributed by atoms with E-state index in [9.17, 15) is 9.59 Å². The summed E-state index contributed by atoms with van der Waals surface area (Å²) in [4.78, 5) is 41.1. The fourth-order valence-corrected chi connectivity index (χ4v) is 4.59. The van der Waals surface area contributed by atoms with Gasteiger partial charge in [0.05, 0.1) is 22.2 Å². The molecule has 1 aromatic carbocycles. The largest absolute Gasteiger partial charge is 0.357 e. The minimum Gasteiger partial charge on any atom is -0.357 e. The lowest BCUT2D eigenvalue weighted by atomic mass is 9.87. The summed E-state index contributed by atoms with van der Waals surface area (Å²) >= 11 is 3.63. The third-order valence-corrected chi connectivity index (χ3v) is 7.51. The Kier molecular flexibility index (Phi) is 7.53. The molecular formula is C24H32BrN5O3. The van der Waals surface area contributed by atoms with Crippen LogP contribution in [-0.2, 0) is 14.3 Å². The molecule has 0 saturated carbocycles. The van der Waals surface area contributed by atoms with Gasteiger partial charge in [-0.2, -0.15) is 0 Å². The molecular weight excluding hydrogens is 486 g/mol. The Bertz CT molecular complexity index is 1090. The average molecular weight is 518 g/mol. The Balaban J connectivity index is 1.85. The Morgan fingerprint density at radius 3 is 2.55 bits per heavy atom. The van der Waals surface area contributed by atoms with Gasteiger partial charge in [0.1, 0.15) is 22.8 Å². The lowest BCUT2D eigenvalue weighted by molar-refractivity contribution is -0.160. The van der Waals surface area contributed by atoms with Crippen molar-refractivity contribution >= 4 is 50.2 Å². The van der Waals surface area contributed by atoms with Crippen LogP contribution < -0.4 is 5.32 Å². The summed E-state index contributed by atoms with van der Waals surface area (Å²) in [6.45, 7) is 11.9. The van der Waals surface area contributed by atoms with E-state index < -0.39 is 17.2 Å². The number of guanidine groups is 1. The molecule has 0 spiro atoms. The van der Waals surface area contributed by atoms with Crippen molar-refractivity contribution in [1.82, 2.24) is 14.9 Å². The Morgan fingerprint density at radius 2 is 1.91 bits per heavy atom. The molecule has 0 radical (unpaired) electrons. The van der Waals surface area contributed by atoms with Crippen LogP contribution in [-0.4, -0.2) is 62.7 Å². The number of anilines is 1. The number of aromatic nitrogens is 2. The standard InChI is InChI=1S/C24H32BrN5O3/c1-7-23(5,21(32)15(3)33-24(6,8-2)16(4)31)30-14-13-28-22(30)29-17-9-10-18-20(19(17)25)27-12-11-26-18/h9-12,15H,7-8,13-14H2,1-6H3,(H,28,29)/t15-,23?,24?/m0/s1. The zero-order chi connectivity index (χ0) is 24.4. The molecule has 2 aromatic rings. The Hall–Kier alpha value is -2.39. The van der Waals surface area contributed by atoms with Gasteiger partial charge in [0.2, 0.25) is 0 Å². The van der Waals surface area contributed by atoms with Crippen LogP contribution in [0.15, 0.2) is 34.0 Å². The summed E-state index contributed by atoms with van der Waals surface area (Å²) in [5.41, 5.74) is 0.479. The lowest BCUT2D eigenvalue weighted by Crippen LogP contribution is -2.59. The number of hydrogen-bond acceptors (Lipinski definition) is 8. The fourth-order valence-electron chi connectivity index (χ4n) is 4.05. The monoisotopic (exact) mass is 517 g/mol. The predicted molar refractivity (Wildman–Crippen MR) is 133 cm³/mol. The van der Waals surface area contributed by atoms with E-state index in [1.165, 1.54) is 6.92 Å². The highest BCUT2D eigenvalue weighted by Crippen LogP contribution is 2.32. The van der Waals surface area contributed by atoms with Crippen LogP contribution in [0.5, 0.6) is 0 Å². The minimum atomic E-state index is -0.985. The number of ketones is 2. The first-order chi connectivity index (χ1) is 15.6. The number of aliphatic imine (C=N–C) groups is 1. The summed E-state index contributed by atoms with van der Waals surface area (Å²) in [6.07, 6.45) is 3.62. The first-order valence-electron chi connectivity index (χ1n) is 11.3. The van der Waals surface area contributed by atoms with Gasteiger partial charge >= 0.3 is 0 Å². The summed E-state index contributed by atoms with van der Waals surface area (Å²) in [6, 6.07) is 3.80. The van der Waals surface area contributed by atoms with Crippen LogP contribution >= 0.6 is 15.9 Å². The fraction of sp³-hybridized carbons (Fsp3) is 0.542. The second-order valence-corrected chi connectivity index (χ2v) is 9.52. The Morgan fingerprint density at radius 1 is 1.21 bits per heavy atom. The van der Waals surface area contributed by atoms with Crippen LogP contribution in [0.25, 0.3) is 11.0 Å². The number of carbonyl (C=O) groups excluding carboxylic acids is 2. The molecule has 0 aliphatic carbocycles. The number of ether oxygens (including phenoxy) is 1. The molecule has 3 rings (SSSR count). The van der Waals surface area contributed by atoms with Crippen LogP contribution in [0.4, 0.5) is 5.69 Å². The molecule has 2 heterocycles. The van der Waals surface area contributed by atoms with E-state index in [4.69, 9.17) is 4.74 Å². The highest BCUT2D eigenvalue weighted by molar-refractivity contribution is 9.10. The van der Waals surface area contributed by atoms with E-state index in [2.05, 4.69) is 36.2 Å². The maximum atomic E-state index is 13.7. The molecule has 33 heavy (non-hydrogen) atoms. The summed E-state index contributed by atoms with van der Waals surface area (Å²) in [7, 11) is 0. The number of hydrogen-bond donors (Lipinski definition) is 1. The maximum absolute atomic E-state index is 13.7. The van der Waals surface area contributed by atoms with E-state index in [1.807, 2.05) is 37.8 Å². The molecule has 2 unspecified atom stereocenters. The average Bonchev–Trinajstić information content (AvgIpc) is 3.28. The Labute approximate surface area is 203 Å². The zero-order valence-electron chi connectivity index (χ0n) is 20.1. The van der Waals surface area contributed by atoms with Crippen LogP contribution in [0, 0.1) is 0 Å². The molecule has 0 bridgehead atoms. The van der Waals surface area contributed by atoms with Crippen molar-refractivity contribution in [2.75, 3.05) is 18.4 Å². The van der Waals surface area contributed by atoms with Gasteiger partial charge in [0.15, 0.2) is 17.5 Å². The molecule has 1 aromatic heterocycles. The lowest BCUT2D eigenvalue weighted by Gasteiger charge is -2.41. The van der Waals surface area contributed by atoms with Crippen LogP contribution in [0.2, 0.25) is 0 Å². The number of nitrogens with zero attached hydrogens (tertiary/aromatic N) is 4. The zero-order valence-corrected chi connectivity index (χ0v) is 21.7. The normalized spacial score (nSPS) is 18.4. The topological polar surface area (TPSA) is 96.8 Å². The highest BCUT2D eigenvalue weighted by atomic mass is 79.9. The molecule has 1 N–H and O–H groups in total. The molecule has 8 nitrogen and oxygen atoms in total. The number of nitrogens with one attached hydrogen (secondary N) is 1. The van der Waals surface area contributed by atoms with E-state index in [0.29, 0.717) is 31.9 Å². The minimum absolute atomic E-state index is 0.0780. The molecule has 9 heteroatoms. The number of rotatable bonds is 9. The van der Waals surface area contributed by atoms with Gasteiger partial charge in [-0.1, -0.05) is 13.8 Å². The SMILES string of the molecule is CCC(C)(O[C@@H](C)C(=O)C(C)(CC)N1CCN=C1Nc1ccc2nccnc2c1Br)C(C)=O. The molecule has 1 aliphatic rings. The highest BCUT2D eigenvalue weighted by Gasteiger charge is 2.45. The first kappa shape index (κ1) is 25.2. The van der Waals surface area contributed by atoms with Crippen molar-refractivity contribution in [1.29, 1.82) is 0 Å². The number of carbonyl (C=O) groups is 2. The number of Topliss-reactive ketones (excluding diaryl/α,β-unsaturated/α-hetero) is 2. The quantitative estimate of drug-likeness (QED) is 0.527. The molecule has 0 amide bonds. The van der Waals surface area contributed by atoms with Gasteiger partial charge in [-0.15, -0.1) is 0 Å². The van der Waals surface area contributed by atoms with Gasteiger partial charge in [-0.05, 0) is 68.6 Å². The predicted octanol–water partition coefficient (Wildman–Crippen LogP) is 4.38. The van der Waals surface area contributed by atoms with Gasteiger partial charge in [0, 0.05) is 18.9 Å². The van der Waals surface area contributed by atoms with E-state index in [0.717, 1.165) is 21.2 Å². The number of benzene rings is 1. The maximum Gasteiger partial charge on any atom is 0.199 e. The molecule has 1 aliphatic heterocycles. The van der Waals surface area contributed by atoms with Crippen molar-refractivity contribution in [3.8, 4) is 0 Å². The van der Waals surface area contributed by atoms with E-state index in [-0.39, 0.29) is 11.6 Å². The van der Waals surface area contributed by atoms with E-state index in [1.54, 1.807) is 26.2 Å². The second kappa shape index (κ2) is 9.85. The van der Waals surface area contributed by atoms with Crippen LogP contribution in [0.3, 0.4) is 0 Å². The smallest absolute Gasteiger partial charge is 0.199 e. The van der Waals surface area contributed by atoms with Crippen molar-refractivity contribution in [3.05, 3.63) is 29.0 Å². The van der Waals surface area contributed by atoms with Gasteiger partial charge in [0.25, 0.3) is 0 Å².